The first kappa shape index (κ1) is 19.4. The van der Waals surface area contributed by atoms with Crippen molar-refractivity contribution >= 4 is 17.3 Å². The molecule has 0 aromatic heterocycles. The molecule has 0 unspecified atom stereocenters. The van der Waals surface area contributed by atoms with Crippen molar-refractivity contribution in [1.29, 1.82) is 0 Å². The van der Waals surface area contributed by atoms with Crippen LogP contribution in [-0.2, 0) is 11.3 Å². The monoisotopic (exact) mass is 408 g/mol. The Morgan fingerprint density at radius 2 is 1.97 bits per heavy atom. The van der Waals surface area contributed by atoms with Gasteiger partial charge in [-0.25, -0.2) is 4.39 Å². The molecule has 5 heteroatoms. The fourth-order valence-electron chi connectivity index (χ4n) is 5.48. The fraction of sp³-hybridized carbons (Fsp3) is 0.480. The number of fused-ring (bicyclic) bond motifs is 1. The van der Waals surface area contributed by atoms with Gasteiger partial charge >= 0.3 is 0 Å². The van der Waals surface area contributed by atoms with E-state index in [1.54, 1.807) is 0 Å². The number of rotatable bonds is 5. The topological polar surface area (TPSA) is 41.6 Å². The molecule has 30 heavy (non-hydrogen) atoms. The number of halogens is 1. The number of anilines is 2. The van der Waals surface area contributed by atoms with Crippen LogP contribution in [0.5, 0.6) is 5.75 Å². The number of hydrogen-bond donors (Lipinski definition) is 1. The molecule has 3 aliphatic carbocycles. The van der Waals surface area contributed by atoms with E-state index in [4.69, 9.17) is 4.74 Å². The molecule has 1 N–H and O–H groups in total. The molecule has 1 heterocycles. The Bertz CT molecular complexity index is 969. The molecule has 6 rings (SSSR count). The highest BCUT2D eigenvalue weighted by atomic mass is 19.1. The molecule has 0 spiro atoms. The Morgan fingerprint density at radius 1 is 1.23 bits per heavy atom. The third kappa shape index (κ3) is 3.44. The van der Waals surface area contributed by atoms with E-state index in [0.717, 1.165) is 52.7 Å². The van der Waals surface area contributed by atoms with E-state index in [1.807, 2.05) is 26.0 Å². The van der Waals surface area contributed by atoms with Crippen LogP contribution in [0.25, 0.3) is 0 Å². The van der Waals surface area contributed by atoms with Crippen LogP contribution >= 0.6 is 0 Å². The molecular formula is C25H29FN2O2. The van der Waals surface area contributed by atoms with Gasteiger partial charge in [-0.2, -0.15) is 0 Å². The Kier molecular flexibility index (Phi) is 4.72. The Labute approximate surface area is 177 Å². The first-order valence-corrected chi connectivity index (χ1v) is 11.0. The maximum Gasteiger partial charge on any atom is 0.224 e. The lowest BCUT2D eigenvalue weighted by Crippen LogP contribution is -2.53. The summed E-state index contributed by atoms with van der Waals surface area (Å²) in [6.45, 7) is 6.30. The minimum atomic E-state index is -0.218. The van der Waals surface area contributed by atoms with Crippen LogP contribution in [0.15, 0.2) is 30.3 Å². The van der Waals surface area contributed by atoms with Crippen molar-refractivity contribution in [3.63, 3.8) is 0 Å². The van der Waals surface area contributed by atoms with Gasteiger partial charge in [0.05, 0.1) is 18.0 Å². The lowest BCUT2D eigenvalue weighted by Gasteiger charge is -2.61. The number of amides is 1. The van der Waals surface area contributed by atoms with Crippen LogP contribution in [0.2, 0.25) is 0 Å². The van der Waals surface area contributed by atoms with E-state index in [-0.39, 0.29) is 11.7 Å². The van der Waals surface area contributed by atoms with Crippen molar-refractivity contribution in [3.8, 4) is 5.75 Å². The maximum absolute atomic E-state index is 13.3. The lowest BCUT2D eigenvalue weighted by atomic mass is 9.43. The van der Waals surface area contributed by atoms with Gasteiger partial charge in [-0.1, -0.05) is 12.1 Å². The second kappa shape index (κ2) is 7.29. The minimum Gasteiger partial charge on any atom is -0.491 e. The molecule has 4 aliphatic rings. The molecule has 1 amide bonds. The van der Waals surface area contributed by atoms with Crippen molar-refractivity contribution in [2.45, 2.75) is 52.5 Å². The molecule has 3 saturated carbocycles. The summed E-state index contributed by atoms with van der Waals surface area (Å²) in [7, 11) is 0. The van der Waals surface area contributed by atoms with Gasteiger partial charge in [0.25, 0.3) is 0 Å². The van der Waals surface area contributed by atoms with E-state index in [1.165, 1.54) is 31.4 Å². The second-order valence-corrected chi connectivity index (χ2v) is 9.50. The van der Waals surface area contributed by atoms with Gasteiger partial charge in [0.2, 0.25) is 5.91 Å². The highest BCUT2D eigenvalue weighted by molar-refractivity contribution is 5.94. The molecule has 0 atom stereocenters. The Balaban J connectivity index is 1.39. The summed E-state index contributed by atoms with van der Waals surface area (Å²) in [5, 5.41) is 3.19. The first-order valence-electron chi connectivity index (χ1n) is 11.0. The number of nitrogens with zero attached hydrogens (tertiary/aromatic N) is 1. The first-order chi connectivity index (χ1) is 14.4. The highest BCUT2D eigenvalue weighted by Gasteiger charge is 2.56. The number of benzene rings is 2. The standard InChI is InChI=1S/C25H29FN2O2/c1-16-10-21-24(17(2)23(16)27-22(29)14-25-11-19(12-25)13-25)30-9-3-8-28(21)15-18-4-6-20(26)7-5-18/h4-7,10,19H,3,8-9,11-15H2,1-2H3,(H,27,29). The van der Waals surface area contributed by atoms with Gasteiger partial charge < -0.3 is 15.0 Å². The lowest BCUT2D eigenvalue weighted by molar-refractivity contribution is -0.139. The van der Waals surface area contributed by atoms with Crippen molar-refractivity contribution < 1.29 is 13.9 Å². The SMILES string of the molecule is Cc1cc2c(c(C)c1NC(=O)CC13CC(C1)C3)OCCCN2Cc1ccc(F)cc1. The molecule has 0 radical (unpaired) electrons. The average molecular weight is 409 g/mol. The maximum atomic E-state index is 13.3. The predicted molar refractivity (Wildman–Crippen MR) is 116 cm³/mol. The molecule has 4 nitrogen and oxygen atoms in total. The summed E-state index contributed by atoms with van der Waals surface area (Å²) in [6, 6.07) is 8.80. The predicted octanol–water partition coefficient (Wildman–Crippen LogP) is 5.36. The average Bonchev–Trinajstić information content (AvgIpc) is 2.85. The van der Waals surface area contributed by atoms with Crippen molar-refractivity contribution in [2.75, 3.05) is 23.4 Å². The molecule has 3 fully saturated rings. The zero-order valence-corrected chi connectivity index (χ0v) is 17.8. The van der Waals surface area contributed by atoms with Gasteiger partial charge in [-0.15, -0.1) is 0 Å². The summed E-state index contributed by atoms with van der Waals surface area (Å²) >= 11 is 0. The van der Waals surface area contributed by atoms with Crippen LogP contribution < -0.4 is 15.0 Å². The highest BCUT2D eigenvalue weighted by Crippen LogP contribution is 2.66. The van der Waals surface area contributed by atoms with E-state index in [9.17, 15) is 9.18 Å². The van der Waals surface area contributed by atoms with Gasteiger partial charge in [0, 0.05) is 25.1 Å². The molecule has 158 valence electrons. The number of carbonyl (C=O) groups is 1. The number of hydrogen-bond acceptors (Lipinski definition) is 3. The number of nitrogens with one attached hydrogen (secondary N) is 1. The van der Waals surface area contributed by atoms with Crippen molar-refractivity contribution in [2.24, 2.45) is 11.3 Å². The third-order valence-electron chi connectivity index (χ3n) is 7.11. The van der Waals surface area contributed by atoms with Crippen molar-refractivity contribution in [3.05, 3.63) is 52.8 Å². The number of carbonyl (C=O) groups excluding carboxylic acids is 1. The van der Waals surface area contributed by atoms with E-state index in [0.29, 0.717) is 25.0 Å². The van der Waals surface area contributed by atoms with Crippen molar-refractivity contribution in [1.82, 2.24) is 0 Å². The summed E-state index contributed by atoms with van der Waals surface area (Å²) < 4.78 is 19.4. The van der Waals surface area contributed by atoms with Crippen LogP contribution in [-0.4, -0.2) is 19.1 Å². The number of aryl methyl sites for hydroxylation is 1. The Hall–Kier alpha value is -2.56. The van der Waals surface area contributed by atoms with Gasteiger partial charge in [-0.3, -0.25) is 4.79 Å². The van der Waals surface area contributed by atoms with Gasteiger partial charge in [-0.05, 0) is 80.2 Å². The van der Waals surface area contributed by atoms with Gasteiger partial charge in [0.15, 0.2) is 0 Å². The van der Waals surface area contributed by atoms with E-state index >= 15 is 0 Å². The summed E-state index contributed by atoms with van der Waals surface area (Å²) in [5.41, 5.74) is 5.33. The third-order valence-corrected chi connectivity index (χ3v) is 7.11. The molecule has 1 aliphatic heterocycles. The normalized spacial score (nSPS) is 24.1. The summed E-state index contributed by atoms with van der Waals surface area (Å²) in [5.74, 6) is 1.63. The van der Waals surface area contributed by atoms with E-state index in [2.05, 4.69) is 16.3 Å². The molecule has 2 aromatic carbocycles. The summed E-state index contributed by atoms with van der Waals surface area (Å²) in [6.07, 6.45) is 5.23. The minimum absolute atomic E-state index is 0.121. The molecule has 0 saturated heterocycles. The van der Waals surface area contributed by atoms with Gasteiger partial charge in [0.1, 0.15) is 11.6 Å². The molecule has 2 aromatic rings. The van der Waals surface area contributed by atoms with Crippen LogP contribution in [0.4, 0.5) is 15.8 Å². The second-order valence-electron chi connectivity index (χ2n) is 9.50. The van der Waals surface area contributed by atoms with Crippen LogP contribution in [0, 0.1) is 31.0 Å². The Morgan fingerprint density at radius 3 is 2.63 bits per heavy atom. The smallest absolute Gasteiger partial charge is 0.224 e. The number of ether oxygens (including phenoxy) is 1. The molecular weight excluding hydrogens is 379 g/mol. The zero-order valence-electron chi connectivity index (χ0n) is 17.8. The fourth-order valence-corrected chi connectivity index (χ4v) is 5.48. The summed E-state index contributed by atoms with van der Waals surface area (Å²) in [4.78, 5) is 15.0. The van der Waals surface area contributed by atoms with Crippen LogP contribution in [0.3, 0.4) is 0 Å². The van der Waals surface area contributed by atoms with E-state index < -0.39 is 0 Å². The quantitative estimate of drug-likeness (QED) is 0.724. The van der Waals surface area contributed by atoms with Crippen LogP contribution in [0.1, 0.15) is 48.8 Å². The zero-order chi connectivity index (χ0) is 20.9. The molecule has 2 bridgehead atoms. The largest absolute Gasteiger partial charge is 0.491 e.